The van der Waals surface area contributed by atoms with Crippen molar-refractivity contribution in [2.45, 2.75) is 19.4 Å². The van der Waals surface area contributed by atoms with Crippen LogP contribution in [0, 0.1) is 0 Å². The lowest BCUT2D eigenvalue weighted by Crippen LogP contribution is -2.46. The number of benzene rings is 1. The molecule has 1 aliphatic heterocycles. The number of carbonyl (C=O) groups excluding carboxylic acids is 1. The summed E-state index contributed by atoms with van der Waals surface area (Å²) in [6, 6.07) is 6.95. The van der Waals surface area contributed by atoms with E-state index in [-0.39, 0.29) is 12.3 Å². The predicted molar refractivity (Wildman–Crippen MR) is 75.5 cm³/mol. The van der Waals surface area contributed by atoms with E-state index in [1.165, 1.54) is 0 Å². The number of carboxylic acids is 1. The molecule has 6 nitrogen and oxygen atoms in total. The normalized spacial score (nSPS) is 18.3. The molecule has 0 radical (unpaired) electrons. The number of hydrogen-bond donors (Lipinski definition) is 1. The molecule has 0 aromatic heterocycles. The molecular weight excluding hydrogens is 274 g/mol. The molecule has 1 saturated heterocycles. The molecule has 2 rings (SSSR count). The molecule has 21 heavy (non-hydrogen) atoms. The van der Waals surface area contributed by atoms with Crippen molar-refractivity contribution in [3.8, 4) is 5.75 Å². The summed E-state index contributed by atoms with van der Waals surface area (Å²) in [4.78, 5) is 24.7. The summed E-state index contributed by atoms with van der Waals surface area (Å²) in [6.45, 7) is 3.62. The minimum absolute atomic E-state index is 0.0902. The molecule has 1 N–H and O–H groups in total. The molecule has 0 bridgehead atoms. The van der Waals surface area contributed by atoms with Gasteiger partial charge in [-0.1, -0.05) is 0 Å². The van der Waals surface area contributed by atoms with Crippen LogP contribution in [0.3, 0.4) is 0 Å². The molecule has 1 amide bonds. The Bertz CT molecular complexity index is 499. The van der Waals surface area contributed by atoms with Crippen LogP contribution in [0.5, 0.6) is 5.75 Å². The molecule has 1 aliphatic rings. The molecule has 6 heteroatoms. The summed E-state index contributed by atoms with van der Waals surface area (Å²) in [7, 11) is 0. The van der Waals surface area contributed by atoms with Gasteiger partial charge in [0.2, 0.25) is 0 Å². The molecule has 0 saturated carbocycles. The van der Waals surface area contributed by atoms with Gasteiger partial charge in [0, 0.05) is 18.7 Å². The van der Waals surface area contributed by atoms with Gasteiger partial charge in [-0.05, 0) is 31.2 Å². The van der Waals surface area contributed by atoms with Crippen molar-refractivity contribution >= 4 is 11.9 Å². The summed E-state index contributed by atoms with van der Waals surface area (Å²) in [5.41, 5.74) is 0.564. The number of nitrogens with zero attached hydrogens (tertiary/aromatic N) is 1. The van der Waals surface area contributed by atoms with Gasteiger partial charge in [-0.3, -0.25) is 9.59 Å². The molecular formula is C15H19NO5. The topological polar surface area (TPSA) is 76.1 Å². The lowest BCUT2D eigenvalue weighted by molar-refractivity contribution is -0.141. The van der Waals surface area contributed by atoms with E-state index >= 15 is 0 Å². The van der Waals surface area contributed by atoms with Crippen molar-refractivity contribution in [2.24, 2.45) is 0 Å². The molecule has 1 aromatic carbocycles. The van der Waals surface area contributed by atoms with Crippen LogP contribution in [0.1, 0.15) is 23.7 Å². The quantitative estimate of drug-likeness (QED) is 0.888. The fraction of sp³-hybridized carbons (Fsp3) is 0.467. The first-order chi connectivity index (χ1) is 10.1. The van der Waals surface area contributed by atoms with Gasteiger partial charge in [-0.15, -0.1) is 0 Å². The van der Waals surface area contributed by atoms with Crippen LogP contribution >= 0.6 is 0 Å². The Labute approximate surface area is 123 Å². The number of ether oxygens (including phenoxy) is 2. The van der Waals surface area contributed by atoms with Crippen LogP contribution in [0.2, 0.25) is 0 Å². The third kappa shape index (κ3) is 4.19. The fourth-order valence-electron chi connectivity index (χ4n) is 2.27. The number of rotatable bonds is 5. The maximum absolute atomic E-state index is 12.4. The average Bonchev–Trinajstić information content (AvgIpc) is 2.47. The van der Waals surface area contributed by atoms with Crippen molar-refractivity contribution < 1.29 is 24.2 Å². The second-order valence-corrected chi connectivity index (χ2v) is 4.80. The Balaban J connectivity index is 1.99. The van der Waals surface area contributed by atoms with Crippen LogP contribution in [0.15, 0.2) is 24.3 Å². The summed E-state index contributed by atoms with van der Waals surface area (Å²) < 4.78 is 10.7. The minimum Gasteiger partial charge on any atom is -0.494 e. The van der Waals surface area contributed by atoms with E-state index in [2.05, 4.69) is 0 Å². The molecule has 1 unspecified atom stereocenters. The van der Waals surface area contributed by atoms with E-state index in [0.29, 0.717) is 31.9 Å². The van der Waals surface area contributed by atoms with Crippen LogP contribution < -0.4 is 4.74 Å². The lowest BCUT2D eigenvalue weighted by Gasteiger charge is -2.32. The van der Waals surface area contributed by atoms with Crippen LogP contribution in [0.4, 0.5) is 0 Å². The van der Waals surface area contributed by atoms with Crippen molar-refractivity contribution in [1.29, 1.82) is 0 Å². The Kier molecular flexibility index (Phi) is 5.16. The largest absolute Gasteiger partial charge is 0.494 e. The summed E-state index contributed by atoms with van der Waals surface area (Å²) >= 11 is 0. The SMILES string of the molecule is CCOc1ccc(C(=O)N2CCOC(CC(=O)O)C2)cc1. The van der Waals surface area contributed by atoms with Gasteiger partial charge in [0.05, 0.1) is 25.7 Å². The first-order valence-corrected chi connectivity index (χ1v) is 6.95. The first kappa shape index (κ1) is 15.3. The Morgan fingerprint density at radius 3 is 2.71 bits per heavy atom. The number of carboxylic acid groups (broad SMARTS) is 1. The molecule has 1 atom stereocenters. The minimum atomic E-state index is -0.921. The van der Waals surface area contributed by atoms with E-state index in [1.807, 2.05) is 6.92 Å². The number of morpholine rings is 1. The molecule has 1 fully saturated rings. The molecule has 0 aliphatic carbocycles. The van der Waals surface area contributed by atoms with E-state index in [4.69, 9.17) is 14.6 Å². The van der Waals surface area contributed by atoms with Gasteiger partial charge in [-0.25, -0.2) is 0 Å². The highest BCUT2D eigenvalue weighted by Crippen LogP contribution is 2.16. The van der Waals surface area contributed by atoms with Crippen molar-refractivity contribution in [1.82, 2.24) is 4.90 Å². The standard InChI is InChI=1S/C15H19NO5/c1-2-20-12-5-3-11(4-6-12)15(19)16-7-8-21-13(10-16)9-14(17)18/h3-6,13H,2,7-10H2,1H3,(H,17,18). The van der Waals surface area contributed by atoms with Crippen molar-refractivity contribution in [2.75, 3.05) is 26.3 Å². The fourth-order valence-corrected chi connectivity index (χ4v) is 2.27. The Morgan fingerprint density at radius 2 is 2.10 bits per heavy atom. The maximum atomic E-state index is 12.4. The molecule has 114 valence electrons. The van der Waals surface area contributed by atoms with E-state index in [0.717, 1.165) is 5.75 Å². The summed E-state index contributed by atoms with van der Waals surface area (Å²) in [5, 5.41) is 8.79. The van der Waals surface area contributed by atoms with E-state index < -0.39 is 12.1 Å². The van der Waals surface area contributed by atoms with E-state index in [1.54, 1.807) is 29.2 Å². The number of aliphatic carboxylic acids is 1. The smallest absolute Gasteiger partial charge is 0.306 e. The average molecular weight is 293 g/mol. The highest BCUT2D eigenvalue weighted by molar-refractivity contribution is 5.94. The van der Waals surface area contributed by atoms with Crippen LogP contribution in [-0.2, 0) is 9.53 Å². The Hall–Kier alpha value is -2.08. The van der Waals surface area contributed by atoms with Crippen molar-refractivity contribution in [3.63, 3.8) is 0 Å². The third-order valence-corrected chi connectivity index (χ3v) is 3.24. The summed E-state index contributed by atoms with van der Waals surface area (Å²) in [6.07, 6.45) is -0.532. The van der Waals surface area contributed by atoms with E-state index in [9.17, 15) is 9.59 Å². The monoisotopic (exact) mass is 293 g/mol. The second-order valence-electron chi connectivity index (χ2n) is 4.80. The van der Waals surface area contributed by atoms with Gasteiger partial charge >= 0.3 is 5.97 Å². The van der Waals surface area contributed by atoms with Gasteiger partial charge in [0.15, 0.2) is 0 Å². The lowest BCUT2D eigenvalue weighted by atomic mass is 10.1. The highest BCUT2D eigenvalue weighted by atomic mass is 16.5. The number of hydrogen-bond acceptors (Lipinski definition) is 4. The third-order valence-electron chi connectivity index (χ3n) is 3.24. The van der Waals surface area contributed by atoms with Gasteiger partial charge in [0.25, 0.3) is 5.91 Å². The second kappa shape index (κ2) is 7.08. The van der Waals surface area contributed by atoms with Gasteiger partial charge in [-0.2, -0.15) is 0 Å². The first-order valence-electron chi connectivity index (χ1n) is 6.95. The van der Waals surface area contributed by atoms with Crippen LogP contribution in [0.25, 0.3) is 0 Å². The molecule has 1 heterocycles. The summed E-state index contributed by atoms with van der Waals surface area (Å²) in [5.74, 6) is -0.313. The molecule has 1 aromatic rings. The zero-order valence-corrected chi connectivity index (χ0v) is 11.9. The Morgan fingerprint density at radius 1 is 1.38 bits per heavy atom. The zero-order chi connectivity index (χ0) is 15.2. The van der Waals surface area contributed by atoms with Crippen molar-refractivity contribution in [3.05, 3.63) is 29.8 Å². The predicted octanol–water partition coefficient (Wildman–Crippen LogP) is 1.40. The maximum Gasteiger partial charge on any atom is 0.306 e. The molecule has 0 spiro atoms. The van der Waals surface area contributed by atoms with Gasteiger partial charge < -0.3 is 19.5 Å². The number of amides is 1. The van der Waals surface area contributed by atoms with Crippen LogP contribution in [-0.4, -0.2) is 54.3 Å². The number of carbonyl (C=O) groups is 2. The highest BCUT2D eigenvalue weighted by Gasteiger charge is 2.26. The zero-order valence-electron chi connectivity index (χ0n) is 11.9. The van der Waals surface area contributed by atoms with Gasteiger partial charge in [0.1, 0.15) is 5.75 Å².